The maximum Gasteiger partial charge on any atom is 0.232 e. The summed E-state index contributed by atoms with van der Waals surface area (Å²) in [7, 11) is 0. The minimum atomic E-state index is 0.290. The SMILES string of the molecule is O=C(CSc1ccccc1)N1CC2CNCC2C1. The first-order chi connectivity index (χ1) is 8.83. The number of carbonyl (C=O) groups is 1. The molecule has 2 atom stereocenters. The van der Waals surface area contributed by atoms with Gasteiger partial charge in [0.1, 0.15) is 0 Å². The summed E-state index contributed by atoms with van der Waals surface area (Å²) in [4.78, 5) is 15.4. The fourth-order valence-corrected chi connectivity index (χ4v) is 3.63. The summed E-state index contributed by atoms with van der Waals surface area (Å²) in [5.74, 6) is 2.24. The molecule has 2 unspecified atom stereocenters. The number of thioether (sulfide) groups is 1. The molecule has 3 rings (SSSR count). The van der Waals surface area contributed by atoms with Crippen molar-refractivity contribution >= 4 is 17.7 Å². The number of nitrogens with one attached hydrogen (secondary N) is 1. The first-order valence-corrected chi connectivity index (χ1v) is 7.48. The monoisotopic (exact) mass is 262 g/mol. The first-order valence-electron chi connectivity index (χ1n) is 6.49. The molecule has 1 amide bonds. The zero-order valence-electron chi connectivity index (χ0n) is 10.3. The van der Waals surface area contributed by atoms with E-state index in [1.165, 1.54) is 4.90 Å². The number of rotatable bonds is 3. The molecule has 0 saturated carbocycles. The van der Waals surface area contributed by atoms with Crippen molar-refractivity contribution in [2.75, 3.05) is 31.9 Å². The molecule has 0 radical (unpaired) electrons. The van der Waals surface area contributed by atoms with Crippen LogP contribution < -0.4 is 5.32 Å². The Bertz CT molecular complexity index is 411. The average molecular weight is 262 g/mol. The van der Waals surface area contributed by atoms with Gasteiger partial charge in [-0.1, -0.05) is 18.2 Å². The third kappa shape index (κ3) is 2.54. The van der Waals surface area contributed by atoms with Crippen LogP contribution in [0.3, 0.4) is 0 Å². The smallest absolute Gasteiger partial charge is 0.232 e. The van der Waals surface area contributed by atoms with Crippen molar-refractivity contribution in [1.29, 1.82) is 0 Å². The highest BCUT2D eigenvalue weighted by Gasteiger charge is 2.37. The van der Waals surface area contributed by atoms with Crippen molar-refractivity contribution in [2.45, 2.75) is 4.90 Å². The Labute approximate surface area is 112 Å². The zero-order valence-corrected chi connectivity index (χ0v) is 11.2. The lowest BCUT2D eigenvalue weighted by molar-refractivity contribution is -0.127. The van der Waals surface area contributed by atoms with Crippen LogP contribution in [0.4, 0.5) is 0 Å². The summed E-state index contributed by atoms with van der Waals surface area (Å²) in [5, 5.41) is 3.40. The Hall–Kier alpha value is -1.00. The lowest BCUT2D eigenvalue weighted by Gasteiger charge is -2.17. The maximum absolute atomic E-state index is 12.1. The number of benzene rings is 1. The van der Waals surface area contributed by atoms with E-state index in [1.807, 2.05) is 23.1 Å². The summed E-state index contributed by atoms with van der Waals surface area (Å²) in [6, 6.07) is 10.1. The maximum atomic E-state index is 12.1. The minimum Gasteiger partial charge on any atom is -0.341 e. The van der Waals surface area contributed by atoms with Gasteiger partial charge in [0.25, 0.3) is 0 Å². The normalized spacial score (nSPS) is 26.3. The Morgan fingerprint density at radius 1 is 1.22 bits per heavy atom. The number of hydrogen-bond acceptors (Lipinski definition) is 3. The number of nitrogens with zero attached hydrogens (tertiary/aromatic N) is 1. The van der Waals surface area contributed by atoms with Crippen molar-refractivity contribution in [3.63, 3.8) is 0 Å². The highest BCUT2D eigenvalue weighted by atomic mass is 32.2. The van der Waals surface area contributed by atoms with Crippen molar-refractivity contribution in [3.05, 3.63) is 30.3 Å². The molecule has 2 aliphatic heterocycles. The lowest BCUT2D eigenvalue weighted by atomic mass is 10.0. The summed E-state index contributed by atoms with van der Waals surface area (Å²) in [6.07, 6.45) is 0. The molecule has 4 heteroatoms. The molecule has 2 saturated heterocycles. The predicted molar refractivity (Wildman–Crippen MR) is 73.6 cm³/mol. The van der Waals surface area contributed by atoms with Gasteiger partial charge in [-0.3, -0.25) is 4.79 Å². The van der Waals surface area contributed by atoms with E-state index in [-0.39, 0.29) is 0 Å². The van der Waals surface area contributed by atoms with Crippen LogP contribution in [-0.2, 0) is 4.79 Å². The minimum absolute atomic E-state index is 0.290. The van der Waals surface area contributed by atoms with Crippen LogP contribution in [0.15, 0.2) is 35.2 Å². The Kier molecular flexibility index (Phi) is 3.57. The van der Waals surface area contributed by atoms with E-state index in [4.69, 9.17) is 0 Å². The van der Waals surface area contributed by atoms with E-state index in [2.05, 4.69) is 17.4 Å². The zero-order chi connectivity index (χ0) is 12.4. The van der Waals surface area contributed by atoms with Crippen LogP contribution in [0.1, 0.15) is 0 Å². The molecule has 2 fully saturated rings. The van der Waals surface area contributed by atoms with Gasteiger partial charge < -0.3 is 10.2 Å². The van der Waals surface area contributed by atoms with E-state index in [9.17, 15) is 4.79 Å². The largest absolute Gasteiger partial charge is 0.341 e. The van der Waals surface area contributed by atoms with Crippen LogP contribution in [0, 0.1) is 11.8 Å². The lowest BCUT2D eigenvalue weighted by Crippen LogP contribution is -2.33. The second-order valence-electron chi connectivity index (χ2n) is 5.08. The van der Waals surface area contributed by atoms with Gasteiger partial charge in [0.2, 0.25) is 5.91 Å². The Morgan fingerprint density at radius 2 is 1.89 bits per heavy atom. The van der Waals surface area contributed by atoms with E-state index >= 15 is 0 Å². The summed E-state index contributed by atoms with van der Waals surface area (Å²) < 4.78 is 0. The summed E-state index contributed by atoms with van der Waals surface area (Å²) in [6.45, 7) is 4.07. The molecule has 18 heavy (non-hydrogen) atoms. The number of likely N-dealkylation sites (tertiary alicyclic amines) is 1. The third-order valence-corrected chi connectivity index (χ3v) is 4.84. The number of amides is 1. The van der Waals surface area contributed by atoms with Gasteiger partial charge in [-0.25, -0.2) is 0 Å². The molecular weight excluding hydrogens is 244 g/mol. The number of hydrogen-bond donors (Lipinski definition) is 1. The van der Waals surface area contributed by atoms with Crippen LogP contribution in [0.2, 0.25) is 0 Å². The molecule has 2 aliphatic rings. The highest BCUT2D eigenvalue weighted by molar-refractivity contribution is 8.00. The fraction of sp³-hybridized carbons (Fsp3) is 0.500. The number of carbonyl (C=O) groups excluding carboxylic acids is 1. The van der Waals surface area contributed by atoms with E-state index in [1.54, 1.807) is 11.8 Å². The molecule has 1 aromatic rings. The Morgan fingerprint density at radius 3 is 2.56 bits per heavy atom. The van der Waals surface area contributed by atoms with Gasteiger partial charge in [-0.15, -0.1) is 11.8 Å². The molecule has 0 aromatic heterocycles. The first kappa shape index (κ1) is 12.1. The molecule has 0 spiro atoms. The molecule has 1 aromatic carbocycles. The predicted octanol–water partition coefficient (Wildman–Crippen LogP) is 1.46. The van der Waals surface area contributed by atoms with Gasteiger partial charge in [-0.05, 0) is 24.0 Å². The van der Waals surface area contributed by atoms with E-state index in [0.717, 1.165) is 26.2 Å². The average Bonchev–Trinajstić information content (AvgIpc) is 2.98. The topological polar surface area (TPSA) is 32.3 Å². The second-order valence-corrected chi connectivity index (χ2v) is 6.13. The van der Waals surface area contributed by atoms with Crippen LogP contribution in [0.5, 0.6) is 0 Å². The molecule has 96 valence electrons. The van der Waals surface area contributed by atoms with Crippen molar-refractivity contribution in [3.8, 4) is 0 Å². The third-order valence-electron chi connectivity index (χ3n) is 3.85. The molecule has 0 bridgehead atoms. The van der Waals surface area contributed by atoms with Gasteiger partial charge in [0.15, 0.2) is 0 Å². The molecular formula is C14H18N2OS. The van der Waals surface area contributed by atoms with Crippen molar-refractivity contribution in [1.82, 2.24) is 10.2 Å². The van der Waals surface area contributed by atoms with Crippen LogP contribution in [0.25, 0.3) is 0 Å². The second kappa shape index (κ2) is 5.33. The van der Waals surface area contributed by atoms with Crippen molar-refractivity contribution in [2.24, 2.45) is 11.8 Å². The highest BCUT2D eigenvalue weighted by Crippen LogP contribution is 2.27. The summed E-state index contributed by atoms with van der Waals surface area (Å²) in [5.41, 5.74) is 0. The van der Waals surface area contributed by atoms with Crippen LogP contribution in [-0.4, -0.2) is 42.7 Å². The standard InChI is InChI=1S/C14H18N2OS/c17-14(10-18-13-4-2-1-3-5-13)16-8-11-6-15-7-12(11)9-16/h1-5,11-12,15H,6-10H2. The van der Waals surface area contributed by atoms with Crippen molar-refractivity contribution < 1.29 is 4.79 Å². The van der Waals surface area contributed by atoms with Crippen LogP contribution >= 0.6 is 11.8 Å². The van der Waals surface area contributed by atoms with E-state index in [0.29, 0.717) is 23.5 Å². The fourth-order valence-electron chi connectivity index (χ4n) is 2.81. The molecule has 2 heterocycles. The summed E-state index contributed by atoms with van der Waals surface area (Å²) >= 11 is 1.64. The van der Waals surface area contributed by atoms with Gasteiger partial charge >= 0.3 is 0 Å². The van der Waals surface area contributed by atoms with E-state index < -0.39 is 0 Å². The van der Waals surface area contributed by atoms with Gasteiger partial charge in [0, 0.05) is 31.1 Å². The van der Waals surface area contributed by atoms with Gasteiger partial charge in [-0.2, -0.15) is 0 Å². The molecule has 1 N–H and O–H groups in total. The Balaban J connectivity index is 1.50. The molecule has 0 aliphatic carbocycles. The number of fused-ring (bicyclic) bond motifs is 1. The van der Waals surface area contributed by atoms with Gasteiger partial charge in [0.05, 0.1) is 5.75 Å². The molecule has 3 nitrogen and oxygen atoms in total. The quantitative estimate of drug-likeness (QED) is 0.837.